The normalized spacial score (nSPS) is 11.2. The molecule has 0 fully saturated rings. The van der Waals surface area contributed by atoms with Crippen LogP contribution < -0.4 is 5.73 Å². The maximum Gasteiger partial charge on any atom is 0.323 e. The number of benzene rings is 2. The Morgan fingerprint density at radius 3 is 2.55 bits per heavy atom. The van der Waals surface area contributed by atoms with Crippen LogP contribution in [-0.2, 0) is 22.6 Å². The third kappa shape index (κ3) is 5.03. The van der Waals surface area contributed by atoms with Crippen molar-refractivity contribution < 1.29 is 9.53 Å². The number of carbonyl (C=O) groups excluding carboxylic acids is 1. The van der Waals surface area contributed by atoms with Gasteiger partial charge in [-0.25, -0.2) is 0 Å². The second-order valence-corrected chi connectivity index (χ2v) is 4.39. The summed E-state index contributed by atoms with van der Waals surface area (Å²) in [5.74, 6) is -0.368. The van der Waals surface area contributed by atoms with E-state index in [1.807, 2.05) is 60.7 Å². The average Bonchev–Trinajstić information content (AvgIpc) is 2.47. The van der Waals surface area contributed by atoms with Gasteiger partial charge in [0.2, 0.25) is 0 Å². The van der Waals surface area contributed by atoms with Crippen molar-refractivity contribution in [3.8, 4) is 0 Å². The first-order chi connectivity index (χ1) is 9.25. The third-order valence-electron chi connectivity index (χ3n) is 2.83. The summed E-state index contributed by atoms with van der Waals surface area (Å²) in [6.45, 7) is 0.266. The van der Waals surface area contributed by atoms with Gasteiger partial charge in [-0.15, -0.1) is 12.4 Å². The largest absolute Gasteiger partial charge is 0.460 e. The van der Waals surface area contributed by atoms with E-state index in [2.05, 4.69) is 0 Å². The molecule has 0 saturated carbocycles. The first-order valence-corrected chi connectivity index (χ1v) is 6.26. The highest BCUT2D eigenvalue weighted by atomic mass is 35.5. The topological polar surface area (TPSA) is 52.3 Å². The molecule has 0 heterocycles. The molecule has 4 heteroatoms. The van der Waals surface area contributed by atoms with Crippen molar-refractivity contribution in [3.05, 3.63) is 71.8 Å². The zero-order valence-electron chi connectivity index (χ0n) is 11.1. The molecule has 20 heavy (non-hydrogen) atoms. The van der Waals surface area contributed by atoms with E-state index in [4.69, 9.17) is 10.5 Å². The van der Waals surface area contributed by atoms with Crippen molar-refractivity contribution in [1.82, 2.24) is 0 Å². The predicted molar refractivity (Wildman–Crippen MR) is 81.6 cm³/mol. The van der Waals surface area contributed by atoms with Crippen LogP contribution in [-0.4, -0.2) is 12.0 Å². The minimum absolute atomic E-state index is 0. The second kappa shape index (κ2) is 8.35. The van der Waals surface area contributed by atoms with E-state index in [9.17, 15) is 4.79 Å². The Balaban J connectivity index is 0.00000200. The molecule has 0 amide bonds. The van der Waals surface area contributed by atoms with Crippen LogP contribution in [0.3, 0.4) is 0 Å². The number of carbonyl (C=O) groups is 1. The van der Waals surface area contributed by atoms with Gasteiger partial charge in [-0.1, -0.05) is 60.7 Å². The van der Waals surface area contributed by atoms with Gasteiger partial charge in [0.25, 0.3) is 0 Å². The van der Waals surface area contributed by atoms with Gasteiger partial charge in [-0.3, -0.25) is 4.79 Å². The molecule has 2 aromatic carbocycles. The maximum absolute atomic E-state index is 11.8. The SMILES string of the molecule is Cl.N[14C@@H]([14CH2][14c]1[14cH][14cH][14cH][14cH][14cH]1)[14C](=O)OCc1ccccc1. The quantitative estimate of drug-likeness (QED) is 0.864. The third-order valence-corrected chi connectivity index (χ3v) is 2.83. The first-order valence-electron chi connectivity index (χ1n) is 6.26. The lowest BCUT2D eigenvalue weighted by molar-refractivity contribution is -0.146. The predicted octanol–water partition coefficient (Wildman–Crippen LogP) is 2.72. The standard InChI is InChI=1S/C16H17NO2.ClH/c17-15(11-13-7-3-1-4-8-13)16(18)19-12-14-9-5-2-6-10-14;/h1-10,15H,11-12,17H2;1H/t15-;/m0./s1/i1+2,3+2,4+2,7+2,8+2,11+2,13+2,15+2,16+2;. The Bertz CT molecular complexity index is 517. The van der Waals surface area contributed by atoms with Crippen LogP contribution in [0.15, 0.2) is 60.7 Å². The summed E-state index contributed by atoms with van der Waals surface area (Å²) in [5, 5.41) is 0. The summed E-state index contributed by atoms with van der Waals surface area (Å²) in [5.41, 5.74) is 7.83. The second-order valence-electron chi connectivity index (χ2n) is 4.39. The molecule has 0 saturated heterocycles. The fraction of sp³-hybridized carbons (Fsp3) is 0.188. The molecule has 106 valence electrons. The highest BCUT2D eigenvalue weighted by molar-refractivity contribution is 5.85. The molecule has 0 radical (unpaired) electrons. The average molecular weight is 310 g/mol. The van der Waals surface area contributed by atoms with Gasteiger partial charge in [0.1, 0.15) is 12.6 Å². The van der Waals surface area contributed by atoms with E-state index in [-0.39, 0.29) is 25.0 Å². The van der Waals surface area contributed by atoms with Crippen LogP contribution in [0.4, 0.5) is 0 Å². The number of rotatable bonds is 5. The maximum atomic E-state index is 11.8. The Morgan fingerprint density at radius 1 is 1.25 bits per heavy atom. The molecule has 0 aliphatic heterocycles. The van der Waals surface area contributed by atoms with Gasteiger partial charge >= 0.3 is 5.97 Å². The zero-order chi connectivity index (χ0) is 13.5. The van der Waals surface area contributed by atoms with E-state index in [1.165, 1.54) is 0 Å². The van der Waals surface area contributed by atoms with Crippen molar-refractivity contribution in [2.75, 3.05) is 0 Å². The molecule has 0 spiro atoms. The van der Waals surface area contributed by atoms with Crippen LogP contribution >= 0.6 is 12.4 Å². The van der Waals surface area contributed by atoms with Gasteiger partial charge < -0.3 is 10.5 Å². The van der Waals surface area contributed by atoms with Crippen LogP contribution in [0.25, 0.3) is 0 Å². The lowest BCUT2D eigenvalue weighted by atomic mass is 10.2. The van der Waals surface area contributed by atoms with Crippen molar-refractivity contribution >= 4 is 18.4 Å². The van der Waals surface area contributed by atoms with E-state index in [0.717, 1.165) is 11.1 Å². The first kappa shape index (κ1) is 16.2. The summed E-state index contributed by atoms with van der Waals surface area (Å²) in [4.78, 5) is 11.8. The molecule has 0 aliphatic carbocycles. The fourth-order valence-corrected chi connectivity index (χ4v) is 1.79. The van der Waals surface area contributed by atoms with Crippen molar-refractivity contribution in [2.45, 2.75) is 19.1 Å². The van der Waals surface area contributed by atoms with Crippen LogP contribution in [0.5, 0.6) is 0 Å². The Kier molecular flexibility index (Phi) is 6.77. The lowest BCUT2D eigenvalue weighted by Gasteiger charge is -2.11. The van der Waals surface area contributed by atoms with Crippen LogP contribution in [0.1, 0.15) is 11.1 Å². The molecule has 0 aliphatic rings. The number of esters is 1. The lowest BCUT2D eigenvalue weighted by Crippen LogP contribution is -2.34. The number of nitrogens with two attached hydrogens (primary N) is 1. The van der Waals surface area contributed by atoms with Crippen LogP contribution in [0, 0.1) is 0 Å². The van der Waals surface area contributed by atoms with Crippen molar-refractivity contribution in [3.63, 3.8) is 0 Å². The van der Waals surface area contributed by atoms with Gasteiger partial charge in [-0.2, -0.15) is 0 Å². The van der Waals surface area contributed by atoms with Crippen LogP contribution in [0.2, 0.25) is 0 Å². The Morgan fingerprint density at radius 2 is 1.90 bits per heavy atom. The number of hydrogen-bond acceptors (Lipinski definition) is 3. The number of hydrogen-bond donors (Lipinski definition) is 1. The van der Waals surface area contributed by atoms with E-state index in [1.54, 1.807) is 0 Å². The molecule has 2 rings (SSSR count). The number of ether oxygens (including phenoxy) is 1. The van der Waals surface area contributed by atoms with Crippen molar-refractivity contribution in [1.29, 1.82) is 0 Å². The summed E-state index contributed by atoms with van der Waals surface area (Å²) in [6.07, 6.45) is 0.495. The molecule has 0 unspecified atom stereocenters. The smallest absolute Gasteiger partial charge is 0.323 e. The molecule has 3 nitrogen and oxygen atoms in total. The van der Waals surface area contributed by atoms with E-state index in [0.29, 0.717) is 6.42 Å². The molecule has 2 N–H and O–H groups in total. The van der Waals surface area contributed by atoms with Gasteiger partial charge in [0.15, 0.2) is 0 Å². The molecule has 2 aromatic rings. The minimum Gasteiger partial charge on any atom is -0.460 e. The van der Waals surface area contributed by atoms with Gasteiger partial charge in [0.05, 0.1) is 0 Å². The van der Waals surface area contributed by atoms with Gasteiger partial charge in [-0.05, 0) is 17.5 Å². The highest BCUT2D eigenvalue weighted by Crippen LogP contribution is 2.05. The molecule has 1 atom stereocenters. The van der Waals surface area contributed by atoms with E-state index >= 15 is 0 Å². The molecule has 0 bridgehead atoms. The van der Waals surface area contributed by atoms with Gasteiger partial charge in [0, 0.05) is 0 Å². The summed E-state index contributed by atoms with van der Waals surface area (Å²) < 4.78 is 5.20. The van der Waals surface area contributed by atoms with Crippen molar-refractivity contribution in [2.24, 2.45) is 5.73 Å². The summed E-state index contributed by atoms with van der Waals surface area (Å²) in [7, 11) is 0. The summed E-state index contributed by atoms with van der Waals surface area (Å²) in [6, 6.07) is 18.6. The molecular weight excluding hydrogens is 292 g/mol. The highest BCUT2D eigenvalue weighted by Gasteiger charge is 2.15. The number of halogens is 1. The molecule has 0 aromatic heterocycles. The fourth-order valence-electron chi connectivity index (χ4n) is 1.79. The monoisotopic (exact) mass is 309 g/mol. The van der Waals surface area contributed by atoms with E-state index < -0.39 is 6.04 Å². The summed E-state index contributed by atoms with van der Waals surface area (Å²) >= 11 is 0. The molecular formula is C16H18ClNO2. The Hall–Kier alpha value is -1.84. The Labute approximate surface area is 125 Å². The minimum atomic E-state index is -0.619. The zero-order valence-corrected chi connectivity index (χ0v) is 11.9.